The molecule has 0 atom stereocenters. The number of rotatable bonds is 4. The lowest BCUT2D eigenvalue weighted by Gasteiger charge is -2.07. The lowest BCUT2D eigenvalue weighted by atomic mass is 10.1. The van der Waals surface area contributed by atoms with Gasteiger partial charge in [-0.05, 0) is 33.6 Å². The van der Waals surface area contributed by atoms with Crippen molar-refractivity contribution in [2.24, 2.45) is 0 Å². The number of carbonyl (C=O) groups is 1. The number of hydrogen-bond acceptors (Lipinski definition) is 5. The van der Waals surface area contributed by atoms with E-state index in [2.05, 4.69) is 41.4 Å². The summed E-state index contributed by atoms with van der Waals surface area (Å²) in [5.41, 5.74) is 2.55. The summed E-state index contributed by atoms with van der Waals surface area (Å²) >= 11 is 4.89. The van der Waals surface area contributed by atoms with Crippen molar-refractivity contribution >= 4 is 49.1 Å². The van der Waals surface area contributed by atoms with Gasteiger partial charge in [0, 0.05) is 11.6 Å². The zero-order chi connectivity index (χ0) is 17.2. The SMILES string of the molecule is O=C(Cc1cccc2cccnc12)Nc1sc(Br)cc1-c1ncn[nH]1. The Morgan fingerprint density at radius 3 is 2.96 bits per heavy atom. The number of nitrogens with one attached hydrogen (secondary N) is 2. The van der Waals surface area contributed by atoms with E-state index in [-0.39, 0.29) is 12.3 Å². The Morgan fingerprint density at radius 2 is 2.12 bits per heavy atom. The largest absolute Gasteiger partial charge is 0.317 e. The maximum atomic E-state index is 12.6. The Bertz CT molecular complexity index is 1040. The number of carbonyl (C=O) groups excluding carboxylic acids is 1. The van der Waals surface area contributed by atoms with Crippen molar-refractivity contribution in [1.29, 1.82) is 0 Å². The van der Waals surface area contributed by atoms with Crippen LogP contribution in [0.2, 0.25) is 0 Å². The second-order valence-corrected chi connectivity index (χ2v) is 7.78. The molecule has 0 aliphatic rings. The fourth-order valence-corrected chi connectivity index (χ4v) is 4.14. The number of halogens is 1. The highest BCUT2D eigenvalue weighted by Crippen LogP contribution is 2.37. The highest BCUT2D eigenvalue weighted by atomic mass is 79.9. The monoisotopic (exact) mass is 413 g/mol. The molecule has 3 aromatic heterocycles. The van der Waals surface area contributed by atoms with Crippen molar-refractivity contribution < 1.29 is 4.79 Å². The molecular weight excluding hydrogens is 402 g/mol. The molecule has 0 radical (unpaired) electrons. The molecule has 4 aromatic rings. The van der Waals surface area contributed by atoms with E-state index in [9.17, 15) is 4.79 Å². The Balaban J connectivity index is 1.59. The lowest BCUT2D eigenvalue weighted by molar-refractivity contribution is -0.115. The minimum atomic E-state index is -0.103. The van der Waals surface area contributed by atoms with E-state index in [4.69, 9.17) is 0 Å². The van der Waals surface area contributed by atoms with Crippen LogP contribution < -0.4 is 5.32 Å². The van der Waals surface area contributed by atoms with Gasteiger partial charge in [0.15, 0.2) is 5.82 Å². The van der Waals surface area contributed by atoms with Gasteiger partial charge < -0.3 is 5.32 Å². The first-order valence-electron chi connectivity index (χ1n) is 7.48. The molecule has 3 heterocycles. The van der Waals surface area contributed by atoms with E-state index >= 15 is 0 Å². The number of H-pyrrole nitrogens is 1. The summed E-state index contributed by atoms with van der Waals surface area (Å²) in [6.07, 6.45) is 3.43. The van der Waals surface area contributed by atoms with E-state index in [1.54, 1.807) is 6.20 Å². The van der Waals surface area contributed by atoms with Gasteiger partial charge in [0.2, 0.25) is 5.91 Å². The van der Waals surface area contributed by atoms with Crippen LogP contribution in [-0.2, 0) is 11.2 Å². The number of pyridine rings is 1. The van der Waals surface area contributed by atoms with E-state index in [0.717, 1.165) is 30.8 Å². The van der Waals surface area contributed by atoms with Crippen molar-refractivity contribution in [1.82, 2.24) is 20.2 Å². The van der Waals surface area contributed by atoms with Crippen LogP contribution in [0.25, 0.3) is 22.3 Å². The van der Waals surface area contributed by atoms with Crippen LogP contribution >= 0.6 is 27.3 Å². The number of aromatic amines is 1. The van der Waals surface area contributed by atoms with Crippen LogP contribution in [0.1, 0.15) is 5.56 Å². The lowest BCUT2D eigenvalue weighted by Crippen LogP contribution is -2.14. The van der Waals surface area contributed by atoms with Crippen molar-refractivity contribution in [2.75, 3.05) is 5.32 Å². The van der Waals surface area contributed by atoms with Crippen LogP contribution in [-0.4, -0.2) is 26.1 Å². The molecule has 8 heteroatoms. The molecule has 25 heavy (non-hydrogen) atoms. The maximum Gasteiger partial charge on any atom is 0.229 e. The number of amides is 1. The Kier molecular flexibility index (Phi) is 4.29. The van der Waals surface area contributed by atoms with Crippen LogP contribution in [0.5, 0.6) is 0 Å². The molecule has 1 amide bonds. The zero-order valence-electron chi connectivity index (χ0n) is 12.9. The van der Waals surface area contributed by atoms with Gasteiger partial charge in [-0.2, -0.15) is 5.10 Å². The van der Waals surface area contributed by atoms with Crippen LogP contribution in [0.15, 0.2) is 52.7 Å². The third kappa shape index (κ3) is 3.31. The van der Waals surface area contributed by atoms with E-state index < -0.39 is 0 Å². The average Bonchev–Trinajstić information content (AvgIpc) is 3.25. The van der Waals surface area contributed by atoms with Gasteiger partial charge in [-0.1, -0.05) is 24.3 Å². The molecule has 0 unspecified atom stereocenters. The normalized spacial score (nSPS) is 10.9. The van der Waals surface area contributed by atoms with Gasteiger partial charge in [0.1, 0.15) is 11.3 Å². The summed E-state index contributed by atoms with van der Waals surface area (Å²) in [5, 5.41) is 11.4. The van der Waals surface area contributed by atoms with E-state index in [0.29, 0.717) is 5.82 Å². The number of nitrogens with zero attached hydrogens (tertiary/aromatic N) is 3. The van der Waals surface area contributed by atoms with Crippen LogP contribution in [0.3, 0.4) is 0 Å². The fourth-order valence-electron chi connectivity index (χ4n) is 2.62. The predicted molar refractivity (Wildman–Crippen MR) is 101 cm³/mol. The summed E-state index contributed by atoms with van der Waals surface area (Å²) in [4.78, 5) is 21.1. The summed E-state index contributed by atoms with van der Waals surface area (Å²) in [7, 11) is 0. The van der Waals surface area contributed by atoms with Crippen molar-refractivity contribution in [3.8, 4) is 11.4 Å². The number of anilines is 1. The van der Waals surface area contributed by atoms with Crippen molar-refractivity contribution in [3.05, 3.63) is 58.3 Å². The smallest absolute Gasteiger partial charge is 0.229 e. The summed E-state index contributed by atoms with van der Waals surface area (Å²) in [6.45, 7) is 0. The first-order valence-corrected chi connectivity index (χ1v) is 9.09. The van der Waals surface area contributed by atoms with Crippen molar-refractivity contribution in [3.63, 3.8) is 0 Å². The summed E-state index contributed by atoms with van der Waals surface area (Å²) in [5.74, 6) is 0.511. The minimum Gasteiger partial charge on any atom is -0.317 e. The van der Waals surface area contributed by atoms with Crippen LogP contribution in [0, 0.1) is 0 Å². The summed E-state index contributed by atoms with van der Waals surface area (Å²) < 4.78 is 0.904. The third-order valence-corrected chi connectivity index (χ3v) is 5.25. The molecule has 0 saturated carbocycles. The molecular formula is C17H12BrN5OS. The first kappa shape index (κ1) is 15.9. The standard InChI is InChI=1S/C17H12BrN5OS/c18-13-8-12(16-20-9-21-23-16)17(25-13)22-14(24)7-11-4-1-3-10-5-2-6-19-15(10)11/h1-6,8-9H,7H2,(H,22,24)(H,20,21,23). The Labute approximate surface area is 155 Å². The molecule has 0 fully saturated rings. The molecule has 6 nitrogen and oxygen atoms in total. The van der Waals surface area contributed by atoms with Crippen LogP contribution in [0.4, 0.5) is 5.00 Å². The fraction of sp³-hybridized carbons (Fsp3) is 0.0588. The zero-order valence-corrected chi connectivity index (χ0v) is 15.3. The van der Waals surface area contributed by atoms with Gasteiger partial charge in [0.05, 0.1) is 21.3 Å². The minimum absolute atomic E-state index is 0.103. The molecule has 124 valence electrons. The summed E-state index contributed by atoms with van der Waals surface area (Å²) in [6, 6.07) is 11.6. The van der Waals surface area contributed by atoms with Gasteiger partial charge in [-0.15, -0.1) is 11.3 Å². The Morgan fingerprint density at radius 1 is 1.24 bits per heavy atom. The number of hydrogen-bond donors (Lipinski definition) is 2. The molecule has 0 aliphatic carbocycles. The second-order valence-electron chi connectivity index (χ2n) is 5.34. The van der Waals surface area contributed by atoms with Gasteiger partial charge in [-0.3, -0.25) is 14.9 Å². The number of thiophene rings is 1. The van der Waals surface area contributed by atoms with Gasteiger partial charge in [-0.25, -0.2) is 4.98 Å². The second kappa shape index (κ2) is 6.73. The Hall–Kier alpha value is -2.58. The maximum absolute atomic E-state index is 12.6. The molecule has 2 N–H and O–H groups in total. The molecule has 0 bridgehead atoms. The number of benzene rings is 1. The average molecular weight is 414 g/mol. The van der Waals surface area contributed by atoms with Crippen molar-refractivity contribution in [2.45, 2.75) is 6.42 Å². The first-order chi connectivity index (χ1) is 12.2. The topological polar surface area (TPSA) is 83.6 Å². The van der Waals surface area contributed by atoms with E-state index in [1.807, 2.05) is 36.4 Å². The molecule has 0 saturated heterocycles. The number of para-hydroxylation sites is 1. The molecule has 0 spiro atoms. The third-order valence-electron chi connectivity index (χ3n) is 3.69. The molecule has 4 rings (SSSR count). The van der Waals surface area contributed by atoms with Gasteiger partial charge >= 0.3 is 0 Å². The van der Waals surface area contributed by atoms with Gasteiger partial charge in [0.25, 0.3) is 0 Å². The predicted octanol–water partition coefficient (Wildman–Crippen LogP) is 4.03. The number of aromatic nitrogens is 4. The molecule has 1 aromatic carbocycles. The quantitative estimate of drug-likeness (QED) is 0.528. The molecule has 0 aliphatic heterocycles. The highest BCUT2D eigenvalue weighted by molar-refractivity contribution is 9.11. The number of fused-ring (bicyclic) bond motifs is 1. The van der Waals surface area contributed by atoms with E-state index in [1.165, 1.54) is 17.7 Å². The highest BCUT2D eigenvalue weighted by Gasteiger charge is 2.16.